The summed E-state index contributed by atoms with van der Waals surface area (Å²) < 4.78 is 7.97. The number of piperidine rings is 1. The molecule has 3 aliphatic heterocycles. The Morgan fingerprint density at radius 2 is 1.96 bits per heavy atom. The van der Waals surface area contributed by atoms with Crippen LogP contribution in [0.25, 0.3) is 0 Å². The van der Waals surface area contributed by atoms with Crippen molar-refractivity contribution in [3.63, 3.8) is 0 Å². The molecule has 1 aromatic rings. The normalized spacial score (nSPS) is 27.1. The van der Waals surface area contributed by atoms with Gasteiger partial charge in [-0.3, -0.25) is 9.48 Å². The fourth-order valence-electron chi connectivity index (χ4n) is 4.86. The average Bonchev–Trinajstić information content (AvgIpc) is 3.25. The molecular formula is C19H30N4O2. The third-order valence-electron chi connectivity index (χ3n) is 6.31. The highest BCUT2D eigenvalue weighted by Gasteiger charge is 2.43. The van der Waals surface area contributed by atoms with Gasteiger partial charge in [0, 0.05) is 32.8 Å². The summed E-state index contributed by atoms with van der Waals surface area (Å²) in [6, 6.07) is 2.56. The summed E-state index contributed by atoms with van der Waals surface area (Å²) in [4.78, 5) is 17.4. The molecule has 1 unspecified atom stereocenters. The van der Waals surface area contributed by atoms with Crippen molar-refractivity contribution in [2.75, 3.05) is 32.8 Å². The Morgan fingerprint density at radius 1 is 1.24 bits per heavy atom. The maximum absolute atomic E-state index is 12.8. The highest BCUT2D eigenvalue weighted by Crippen LogP contribution is 2.37. The number of amides is 1. The van der Waals surface area contributed by atoms with Gasteiger partial charge in [-0.05, 0) is 64.6 Å². The minimum atomic E-state index is -0.00926. The molecule has 1 atom stereocenters. The van der Waals surface area contributed by atoms with Crippen molar-refractivity contribution in [2.24, 2.45) is 7.05 Å². The number of likely N-dealkylation sites (tertiary alicyclic amines) is 2. The fourth-order valence-corrected chi connectivity index (χ4v) is 4.86. The van der Waals surface area contributed by atoms with E-state index in [4.69, 9.17) is 4.74 Å². The van der Waals surface area contributed by atoms with Crippen LogP contribution < -0.4 is 0 Å². The lowest BCUT2D eigenvalue weighted by Crippen LogP contribution is -2.54. The second-order valence-corrected chi connectivity index (χ2v) is 8.01. The van der Waals surface area contributed by atoms with Gasteiger partial charge in [-0.2, -0.15) is 5.10 Å². The molecule has 0 aromatic carbocycles. The number of aromatic nitrogens is 2. The highest BCUT2D eigenvalue weighted by molar-refractivity contribution is 5.92. The summed E-state index contributed by atoms with van der Waals surface area (Å²) in [6.07, 6.45) is 6.91. The van der Waals surface area contributed by atoms with Crippen LogP contribution in [0.15, 0.2) is 6.07 Å². The largest absolute Gasteiger partial charge is 0.375 e. The first-order valence-electron chi connectivity index (χ1n) is 9.74. The molecule has 4 rings (SSSR count). The first-order chi connectivity index (χ1) is 12.1. The van der Waals surface area contributed by atoms with Crippen LogP contribution in [-0.2, 0) is 11.8 Å². The molecule has 1 aromatic heterocycles. The van der Waals surface area contributed by atoms with E-state index in [0.29, 0.717) is 11.7 Å². The minimum Gasteiger partial charge on any atom is -0.375 e. The third-order valence-corrected chi connectivity index (χ3v) is 6.31. The number of hydrogen-bond donors (Lipinski definition) is 0. The monoisotopic (exact) mass is 346 g/mol. The van der Waals surface area contributed by atoms with E-state index in [-0.39, 0.29) is 11.5 Å². The van der Waals surface area contributed by atoms with Gasteiger partial charge < -0.3 is 14.5 Å². The number of hydrogen-bond acceptors (Lipinski definition) is 4. The highest BCUT2D eigenvalue weighted by atomic mass is 16.5. The first kappa shape index (κ1) is 17.0. The van der Waals surface area contributed by atoms with E-state index in [1.54, 1.807) is 4.68 Å². The van der Waals surface area contributed by atoms with Crippen molar-refractivity contribution in [2.45, 2.75) is 57.1 Å². The van der Waals surface area contributed by atoms with Crippen molar-refractivity contribution >= 4 is 5.91 Å². The molecular weight excluding hydrogens is 316 g/mol. The number of ether oxygens (including phenoxy) is 1. The molecule has 138 valence electrons. The smallest absolute Gasteiger partial charge is 0.272 e. The molecule has 1 amide bonds. The summed E-state index contributed by atoms with van der Waals surface area (Å²) >= 11 is 0. The Labute approximate surface area is 150 Å². The molecule has 1 spiro atoms. The summed E-state index contributed by atoms with van der Waals surface area (Å²) in [5, 5.41) is 4.30. The van der Waals surface area contributed by atoms with Crippen molar-refractivity contribution in [1.82, 2.24) is 19.6 Å². The van der Waals surface area contributed by atoms with Crippen molar-refractivity contribution < 1.29 is 9.53 Å². The zero-order valence-electron chi connectivity index (χ0n) is 15.5. The van der Waals surface area contributed by atoms with Crippen molar-refractivity contribution in [3.05, 3.63) is 17.5 Å². The van der Waals surface area contributed by atoms with E-state index in [1.165, 1.54) is 32.4 Å². The summed E-state index contributed by atoms with van der Waals surface area (Å²) in [7, 11) is 1.84. The lowest BCUT2D eigenvalue weighted by molar-refractivity contribution is -0.128. The molecule has 25 heavy (non-hydrogen) atoms. The van der Waals surface area contributed by atoms with Crippen LogP contribution in [0.2, 0.25) is 0 Å². The Morgan fingerprint density at radius 3 is 2.60 bits per heavy atom. The van der Waals surface area contributed by atoms with Gasteiger partial charge in [-0.15, -0.1) is 0 Å². The van der Waals surface area contributed by atoms with E-state index in [1.807, 2.05) is 24.9 Å². The van der Waals surface area contributed by atoms with Gasteiger partial charge in [-0.25, -0.2) is 0 Å². The summed E-state index contributed by atoms with van der Waals surface area (Å²) in [6.45, 7) is 6.88. The second kappa shape index (κ2) is 6.72. The second-order valence-electron chi connectivity index (χ2n) is 8.01. The maximum Gasteiger partial charge on any atom is 0.272 e. The van der Waals surface area contributed by atoms with Crippen LogP contribution in [-0.4, -0.2) is 69.9 Å². The Balaban J connectivity index is 1.38. The molecule has 0 radical (unpaired) electrons. The molecule has 0 saturated carbocycles. The van der Waals surface area contributed by atoms with Gasteiger partial charge >= 0.3 is 0 Å². The minimum absolute atomic E-state index is 0.00926. The SMILES string of the molecule is Cc1cc(C(=O)N2CCC3(CC2)CC(N2CCCC2)CCO3)n(C)n1. The van der Waals surface area contributed by atoms with Crippen LogP contribution in [0.4, 0.5) is 0 Å². The van der Waals surface area contributed by atoms with Crippen LogP contribution in [0.5, 0.6) is 0 Å². The number of nitrogens with zero attached hydrogens (tertiary/aromatic N) is 4. The van der Waals surface area contributed by atoms with E-state index in [0.717, 1.165) is 44.7 Å². The van der Waals surface area contributed by atoms with Gasteiger partial charge in [0.1, 0.15) is 5.69 Å². The van der Waals surface area contributed by atoms with E-state index in [2.05, 4.69) is 10.00 Å². The van der Waals surface area contributed by atoms with E-state index in [9.17, 15) is 4.79 Å². The third kappa shape index (κ3) is 3.34. The number of carbonyl (C=O) groups excluding carboxylic acids is 1. The van der Waals surface area contributed by atoms with E-state index >= 15 is 0 Å². The molecule has 3 saturated heterocycles. The molecule has 6 heteroatoms. The zero-order chi connectivity index (χ0) is 17.4. The van der Waals surface area contributed by atoms with Crippen LogP contribution in [0, 0.1) is 6.92 Å². The number of carbonyl (C=O) groups is 1. The topological polar surface area (TPSA) is 50.6 Å². The molecule has 0 bridgehead atoms. The van der Waals surface area contributed by atoms with Gasteiger partial charge in [0.2, 0.25) is 0 Å². The van der Waals surface area contributed by atoms with Crippen LogP contribution in [0.3, 0.4) is 0 Å². The Kier molecular flexibility index (Phi) is 4.58. The molecule has 4 heterocycles. The Bertz CT molecular complexity index is 627. The van der Waals surface area contributed by atoms with Gasteiger partial charge in [0.25, 0.3) is 5.91 Å². The van der Waals surface area contributed by atoms with Gasteiger partial charge in [-0.1, -0.05) is 0 Å². The van der Waals surface area contributed by atoms with Crippen LogP contribution >= 0.6 is 0 Å². The molecule has 3 fully saturated rings. The van der Waals surface area contributed by atoms with E-state index < -0.39 is 0 Å². The molecule has 0 N–H and O–H groups in total. The first-order valence-corrected chi connectivity index (χ1v) is 9.74. The molecule has 0 aliphatic carbocycles. The lowest BCUT2D eigenvalue weighted by Gasteiger charge is -2.48. The van der Waals surface area contributed by atoms with Crippen molar-refractivity contribution in [1.29, 1.82) is 0 Å². The quantitative estimate of drug-likeness (QED) is 0.822. The average molecular weight is 346 g/mol. The van der Waals surface area contributed by atoms with Gasteiger partial charge in [0.05, 0.1) is 11.3 Å². The van der Waals surface area contributed by atoms with Crippen molar-refractivity contribution in [3.8, 4) is 0 Å². The number of rotatable bonds is 2. The molecule has 6 nitrogen and oxygen atoms in total. The van der Waals surface area contributed by atoms with Gasteiger partial charge in [0.15, 0.2) is 0 Å². The molecule has 3 aliphatic rings. The number of aryl methyl sites for hydroxylation is 2. The fraction of sp³-hybridized carbons (Fsp3) is 0.789. The Hall–Kier alpha value is -1.40. The van der Waals surface area contributed by atoms with Crippen LogP contribution in [0.1, 0.15) is 54.7 Å². The maximum atomic E-state index is 12.8. The summed E-state index contributed by atoms with van der Waals surface area (Å²) in [5.74, 6) is 0.102. The predicted molar refractivity (Wildman–Crippen MR) is 95.6 cm³/mol. The zero-order valence-corrected chi connectivity index (χ0v) is 15.5. The standard InChI is InChI=1S/C19H30N4O2/c1-15-13-17(21(2)20-15)18(24)23-10-6-19(7-11-23)14-16(5-12-25-19)22-8-3-4-9-22/h13,16H,3-12,14H2,1-2H3. The lowest BCUT2D eigenvalue weighted by atomic mass is 9.82. The summed E-state index contributed by atoms with van der Waals surface area (Å²) in [5.41, 5.74) is 1.57. The predicted octanol–water partition coefficient (Wildman–Crippen LogP) is 1.98.